The van der Waals surface area contributed by atoms with Gasteiger partial charge in [-0.2, -0.15) is 5.10 Å². The lowest BCUT2D eigenvalue weighted by molar-refractivity contribution is 0.491. The topological polar surface area (TPSA) is 55.9 Å². The highest BCUT2D eigenvalue weighted by Gasteiger charge is 2.19. The lowest BCUT2D eigenvalue weighted by atomic mass is 10.0. The second-order valence-corrected chi connectivity index (χ2v) is 5.01. The van der Waals surface area contributed by atoms with Crippen LogP contribution in [0.4, 0.5) is 0 Å². The number of hydrogen-bond donors (Lipinski definition) is 2. The fourth-order valence-electron chi connectivity index (χ4n) is 2.16. The highest BCUT2D eigenvalue weighted by Crippen LogP contribution is 2.25. The maximum absolute atomic E-state index is 6.21. The van der Waals surface area contributed by atoms with Crippen molar-refractivity contribution in [2.75, 3.05) is 0 Å². The lowest BCUT2D eigenvalue weighted by Gasteiger charge is -2.18. The molecule has 2 rings (SSSR count). The molecule has 2 aromatic rings. The Hall–Kier alpha value is -1.36. The molecular weight excluding hydrogens is 260 g/mol. The van der Waals surface area contributed by atoms with Crippen molar-refractivity contribution in [2.45, 2.75) is 32.9 Å². The predicted octanol–water partition coefficient (Wildman–Crippen LogP) is 2.61. The highest BCUT2D eigenvalue weighted by atomic mass is 35.5. The smallest absolute Gasteiger partial charge is 0.0834 e. The minimum atomic E-state index is -0.0438. The van der Waals surface area contributed by atoms with Gasteiger partial charge in [0.2, 0.25) is 0 Å². The molecule has 0 saturated heterocycles. The van der Waals surface area contributed by atoms with E-state index in [4.69, 9.17) is 17.4 Å². The van der Waals surface area contributed by atoms with E-state index < -0.39 is 0 Å². The first kappa shape index (κ1) is 14.1. The van der Waals surface area contributed by atoms with Gasteiger partial charge < -0.3 is 0 Å². The van der Waals surface area contributed by atoms with Crippen molar-refractivity contribution < 1.29 is 0 Å². The van der Waals surface area contributed by atoms with Crippen LogP contribution in [0.1, 0.15) is 29.8 Å². The van der Waals surface area contributed by atoms with E-state index >= 15 is 0 Å². The molecule has 0 aliphatic carbocycles. The van der Waals surface area contributed by atoms with E-state index in [0.717, 1.165) is 18.7 Å². The normalized spacial score (nSPS) is 12.6. The van der Waals surface area contributed by atoms with E-state index in [1.165, 1.54) is 11.1 Å². The van der Waals surface area contributed by atoms with Crippen LogP contribution in [-0.4, -0.2) is 9.78 Å². The number of benzene rings is 1. The van der Waals surface area contributed by atoms with Crippen molar-refractivity contribution >= 4 is 11.6 Å². The number of hydrazine groups is 1. The number of hydrogen-bond acceptors (Lipinski definition) is 3. The number of rotatable bonds is 5. The van der Waals surface area contributed by atoms with Crippen molar-refractivity contribution in [2.24, 2.45) is 5.84 Å². The van der Waals surface area contributed by atoms with E-state index in [1.807, 2.05) is 11.6 Å². The molecule has 0 saturated carbocycles. The minimum absolute atomic E-state index is 0.0438. The van der Waals surface area contributed by atoms with Gasteiger partial charge in [-0.1, -0.05) is 41.4 Å². The number of nitrogens with two attached hydrogens (primary N) is 1. The van der Waals surface area contributed by atoms with Crippen LogP contribution in [0.5, 0.6) is 0 Å². The van der Waals surface area contributed by atoms with Gasteiger partial charge in [-0.05, 0) is 25.8 Å². The molecule has 1 heterocycles. The summed E-state index contributed by atoms with van der Waals surface area (Å²) in [4.78, 5) is 0. The second-order valence-electron chi connectivity index (χ2n) is 4.60. The van der Waals surface area contributed by atoms with Crippen LogP contribution in [0.25, 0.3) is 0 Å². The summed E-state index contributed by atoms with van der Waals surface area (Å²) in [7, 11) is 0. The third kappa shape index (κ3) is 3.15. The van der Waals surface area contributed by atoms with E-state index in [1.54, 1.807) is 6.20 Å². The van der Waals surface area contributed by atoms with Gasteiger partial charge in [-0.25, -0.2) is 0 Å². The minimum Gasteiger partial charge on any atom is -0.271 e. The largest absolute Gasteiger partial charge is 0.271 e. The van der Waals surface area contributed by atoms with E-state index in [-0.39, 0.29) is 6.04 Å². The van der Waals surface area contributed by atoms with Crippen molar-refractivity contribution in [3.8, 4) is 0 Å². The molecule has 0 radical (unpaired) electrons. The lowest BCUT2D eigenvalue weighted by Crippen LogP contribution is -2.31. The Morgan fingerprint density at radius 3 is 2.63 bits per heavy atom. The van der Waals surface area contributed by atoms with Crippen molar-refractivity contribution in [3.05, 3.63) is 52.3 Å². The molecule has 0 bridgehead atoms. The van der Waals surface area contributed by atoms with Crippen LogP contribution in [0.2, 0.25) is 5.02 Å². The quantitative estimate of drug-likeness (QED) is 0.653. The zero-order chi connectivity index (χ0) is 13.8. The maximum Gasteiger partial charge on any atom is 0.0834 e. The van der Waals surface area contributed by atoms with Crippen LogP contribution in [-0.2, 0) is 13.0 Å². The molecule has 1 atom stereocenters. The SMILES string of the molecule is CCn1ncc(Cl)c1C(Cc1ccc(C)cc1)NN. The summed E-state index contributed by atoms with van der Waals surface area (Å²) in [5.74, 6) is 5.68. The summed E-state index contributed by atoms with van der Waals surface area (Å²) in [6, 6.07) is 8.38. The molecule has 0 amide bonds. The molecule has 1 unspecified atom stereocenters. The number of aryl methyl sites for hydroxylation is 2. The van der Waals surface area contributed by atoms with Crippen molar-refractivity contribution in [1.29, 1.82) is 0 Å². The third-order valence-electron chi connectivity index (χ3n) is 3.22. The Morgan fingerprint density at radius 1 is 1.37 bits per heavy atom. The Kier molecular flexibility index (Phi) is 4.58. The number of nitrogens with zero attached hydrogens (tertiary/aromatic N) is 2. The first-order chi connectivity index (χ1) is 9.15. The molecule has 1 aromatic carbocycles. The summed E-state index contributed by atoms with van der Waals surface area (Å²) in [5.41, 5.74) is 6.24. The van der Waals surface area contributed by atoms with Crippen molar-refractivity contribution in [1.82, 2.24) is 15.2 Å². The van der Waals surface area contributed by atoms with Gasteiger partial charge in [-0.3, -0.25) is 16.0 Å². The van der Waals surface area contributed by atoms with E-state index in [9.17, 15) is 0 Å². The average molecular weight is 279 g/mol. The van der Waals surface area contributed by atoms with Crippen molar-refractivity contribution in [3.63, 3.8) is 0 Å². The van der Waals surface area contributed by atoms with Crippen LogP contribution in [0, 0.1) is 6.92 Å². The Morgan fingerprint density at radius 2 is 2.05 bits per heavy atom. The van der Waals surface area contributed by atoms with Crippen LogP contribution >= 0.6 is 11.6 Å². The Bertz CT molecular complexity index is 533. The van der Waals surface area contributed by atoms with Crippen LogP contribution in [0.15, 0.2) is 30.5 Å². The summed E-state index contributed by atoms with van der Waals surface area (Å²) < 4.78 is 1.88. The summed E-state index contributed by atoms with van der Waals surface area (Å²) in [5, 5.41) is 4.90. The van der Waals surface area contributed by atoms with E-state index in [0.29, 0.717) is 5.02 Å². The third-order valence-corrected chi connectivity index (χ3v) is 3.52. The first-order valence-corrected chi connectivity index (χ1v) is 6.76. The number of nitrogens with one attached hydrogen (secondary N) is 1. The summed E-state index contributed by atoms with van der Waals surface area (Å²) in [6.45, 7) is 4.88. The predicted molar refractivity (Wildman–Crippen MR) is 77.9 cm³/mol. The Balaban J connectivity index is 2.24. The highest BCUT2D eigenvalue weighted by molar-refractivity contribution is 6.31. The molecular formula is C14H19ClN4. The zero-order valence-corrected chi connectivity index (χ0v) is 12.0. The standard InChI is InChI=1S/C14H19ClN4/c1-3-19-14(12(15)9-17-19)13(18-16)8-11-6-4-10(2)5-7-11/h4-7,9,13,18H,3,8,16H2,1-2H3. The molecule has 0 aliphatic rings. The zero-order valence-electron chi connectivity index (χ0n) is 11.2. The van der Waals surface area contributed by atoms with E-state index in [2.05, 4.69) is 41.7 Å². The first-order valence-electron chi connectivity index (χ1n) is 6.38. The molecule has 4 nitrogen and oxygen atoms in total. The second kappa shape index (κ2) is 6.19. The van der Waals surface area contributed by atoms with Gasteiger partial charge >= 0.3 is 0 Å². The molecule has 102 valence electrons. The van der Waals surface area contributed by atoms with Gasteiger partial charge in [-0.15, -0.1) is 0 Å². The molecule has 5 heteroatoms. The Labute approximate surface area is 118 Å². The van der Waals surface area contributed by atoms with Gasteiger partial charge in [0.15, 0.2) is 0 Å². The molecule has 19 heavy (non-hydrogen) atoms. The van der Waals surface area contributed by atoms with Gasteiger partial charge in [0.1, 0.15) is 0 Å². The number of halogens is 1. The monoisotopic (exact) mass is 278 g/mol. The number of aromatic nitrogens is 2. The molecule has 3 N–H and O–H groups in total. The van der Waals surface area contributed by atoms with Crippen LogP contribution < -0.4 is 11.3 Å². The summed E-state index contributed by atoms with van der Waals surface area (Å²) >= 11 is 6.21. The molecule has 0 spiro atoms. The summed E-state index contributed by atoms with van der Waals surface area (Å²) in [6.07, 6.45) is 2.45. The maximum atomic E-state index is 6.21. The average Bonchev–Trinajstić information content (AvgIpc) is 2.79. The molecule has 0 fully saturated rings. The van der Waals surface area contributed by atoms with Crippen LogP contribution in [0.3, 0.4) is 0 Å². The van der Waals surface area contributed by atoms with Gasteiger partial charge in [0.05, 0.1) is 23.0 Å². The van der Waals surface area contributed by atoms with Gasteiger partial charge in [0, 0.05) is 6.54 Å². The fraction of sp³-hybridized carbons (Fsp3) is 0.357. The fourth-order valence-corrected chi connectivity index (χ4v) is 2.44. The molecule has 1 aromatic heterocycles. The van der Waals surface area contributed by atoms with Gasteiger partial charge in [0.25, 0.3) is 0 Å². The molecule has 0 aliphatic heterocycles.